The van der Waals surface area contributed by atoms with Gasteiger partial charge in [0.2, 0.25) is 5.91 Å². The van der Waals surface area contributed by atoms with Gasteiger partial charge in [-0.25, -0.2) is 4.79 Å². The van der Waals surface area contributed by atoms with Crippen molar-refractivity contribution < 1.29 is 24.2 Å². The first-order valence-electron chi connectivity index (χ1n) is 8.71. The van der Waals surface area contributed by atoms with Crippen LogP contribution in [0, 0.1) is 11.3 Å². The molecule has 0 aromatic rings. The van der Waals surface area contributed by atoms with Gasteiger partial charge in [-0.2, -0.15) is 0 Å². The second-order valence-corrected chi connectivity index (χ2v) is 8.96. The molecule has 1 unspecified atom stereocenters. The second-order valence-electron chi connectivity index (χ2n) is 8.96. The summed E-state index contributed by atoms with van der Waals surface area (Å²) in [5, 5.41) is 9.22. The number of rotatable bonds is 3. The van der Waals surface area contributed by atoms with Crippen LogP contribution in [-0.4, -0.2) is 64.2 Å². The number of carbonyl (C=O) groups excluding carboxylic acids is 2. The van der Waals surface area contributed by atoms with E-state index in [1.165, 1.54) is 4.90 Å². The van der Waals surface area contributed by atoms with Crippen molar-refractivity contribution in [1.82, 2.24) is 9.80 Å². The summed E-state index contributed by atoms with van der Waals surface area (Å²) >= 11 is 0. The Kier molecular flexibility index (Phi) is 6.48. The predicted octanol–water partition coefficient (Wildman–Crippen LogP) is 2.59. The van der Waals surface area contributed by atoms with Crippen LogP contribution in [0.25, 0.3) is 0 Å². The SMILES string of the molecule is CC1C[C@H](N(CC(=O)O)C(=O)C(C)(C)C)CN(C(=O)OC(C)(C)C)C1. The minimum absolute atomic E-state index is 0.148. The van der Waals surface area contributed by atoms with Gasteiger partial charge in [-0.1, -0.05) is 27.7 Å². The summed E-state index contributed by atoms with van der Waals surface area (Å²) in [6.45, 7) is 13.1. The van der Waals surface area contributed by atoms with E-state index >= 15 is 0 Å². The molecule has 0 aliphatic carbocycles. The molecule has 2 atom stereocenters. The Morgan fingerprint density at radius 1 is 1.12 bits per heavy atom. The van der Waals surface area contributed by atoms with E-state index in [0.717, 1.165) is 0 Å². The number of hydrogen-bond acceptors (Lipinski definition) is 4. The highest BCUT2D eigenvalue weighted by atomic mass is 16.6. The maximum absolute atomic E-state index is 12.7. The van der Waals surface area contributed by atoms with Crippen molar-refractivity contribution in [2.45, 2.75) is 66.5 Å². The van der Waals surface area contributed by atoms with Gasteiger partial charge in [0.15, 0.2) is 0 Å². The summed E-state index contributed by atoms with van der Waals surface area (Å²) in [4.78, 5) is 39.4. The monoisotopic (exact) mass is 356 g/mol. The van der Waals surface area contributed by atoms with E-state index in [0.29, 0.717) is 13.0 Å². The highest BCUT2D eigenvalue weighted by molar-refractivity contribution is 5.85. The summed E-state index contributed by atoms with van der Waals surface area (Å²) in [5.41, 5.74) is -1.29. The molecule has 7 heteroatoms. The fourth-order valence-corrected chi connectivity index (χ4v) is 2.96. The lowest BCUT2D eigenvalue weighted by Crippen LogP contribution is -2.57. The van der Waals surface area contributed by atoms with Crippen molar-refractivity contribution in [3.05, 3.63) is 0 Å². The zero-order valence-electron chi connectivity index (χ0n) is 16.5. The minimum atomic E-state index is -1.06. The molecule has 7 nitrogen and oxygen atoms in total. The van der Waals surface area contributed by atoms with Crippen LogP contribution in [-0.2, 0) is 14.3 Å². The molecule has 1 aliphatic heterocycles. The van der Waals surface area contributed by atoms with Gasteiger partial charge in [-0.15, -0.1) is 0 Å². The normalized spacial score (nSPS) is 21.6. The number of carbonyl (C=O) groups is 3. The van der Waals surface area contributed by atoms with Crippen LogP contribution in [0.2, 0.25) is 0 Å². The Bertz CT molecular complexity index is 519. The largest absolute Gasteiger partial charge is 0.480 e. The van der Waals surface area contributed by atoms with Crippen LogP contribution >= 0.6 is 0 Å². The van der Waals surface area contributed by atoms with E-state index in [9.17, 15) is 19.5 Å². The van der Waals surface area contributed by atoms with Crippen LogP contribution in [0.4, 0.5) is 4.79 Å². The predicted molar refractivity (Wildman–Crippen MR) is 94.2 cm³/mol. The number of nitrogens with zero attached hydrogens (tertiary/aromatic N) is 2. The third-order valence-electron chi connectivity index (χ3n) is 3.94. The minimum Gasteiger partial charge on any atom is -0.480 e. The molecule has 1 N–H and O–H groups in total. The molecule has 1 saturated heterocycles. The van der Waals surface area contributed by atoms with E-state index in [4.69, 9.17) is 4.74 Å². The summed E-state index contributed by atoms with van der Waals surface area (Å²) in [6, 6.07) is -0.334. The van der Waals surface area contributed by atoms with Crippen LogP contribution in [0.15, 0.2) is 0 Å². The molecule has 0 spiro atoms. The van der Waals surface area contributed by atoms with Crippen molar-refractivity contribution in [2.75, 3.05) is 19.6 Å². The van der Waals surface area contributed by atoms with Crippen molar-refractivity contribution >= 4 is 18.0 Å². The Balaban J connectivity index is 3.00. The quantitative estimate of drug-likeness (QED) is 0.840. The highest BCUT2D eigenvalue weighted by Gasteiger charge is 2.38. The van der Waals surface area contributed by atoms with E-state index in [1.54, 1.807) is 46.4 Å². The Morgan fingerprint density at radius 3 is 2.12 bits per heavy atom. The number of likely N-dealkylation sites (tertiary alicyclic amines) is 1. The zero-order valence-corrected chi connectivity index (χ0v) is 16.5. The third kappa shape index (κ3) is 6.55. The molecule has 0 aromatic heterocycles. The molecule has 1 aliphatic rings. The van der Waals surface area contributed by atoms with Gasteiger partial charge >= 0.3 is 12.1 Å². The Morgan fingerprint density at radius 2 is 1.68 bits per heavy atom. The maximum atomic E-state index is 12.7. The molecule has 0 saturated carbocycles. The van der Waals surface area contributed by atoms with Gasteiger partial charge < -0.3 is 19.6 Å². The maximum Gasteiger partial charge on any atom is 0.410 e. The van der Waals surface area contributed by atoms with E-state index in [-0.39, 0.29) is 31.0 Å². The highest BCUT2D eigenvalue weighted by Crippen LogP contribution is 2.26. The van der Waals surface area contributed by atoms with Crippen molar-refractivity contribution in [1.29, 1.82) is 0 Å². The zero-order chi connectivity index (χ0) is 19.6. The summed E-state index contributed by atoms with van der Waals surface area (Å²) in [5.74, 6) is -1.13. The molecular formula is C18H32N2O5. The standard InChI is InChI=1S/C18H32N2O5/c1-12-8-13(10-19(9-12)16(24)25-18(5,6)7)20(11-14(21)22)15(23)17(2,3)4/h12-13H,8-11H2,1-7H3,(H,21,22)/t12?,13-/m0/s1. The van der Waals surface area contributed by atoms with Crippen molar-refractivity contribution in [3.63, 3.8) is 0 Å². The Labute approximate surface area is 150 Å². The van der Waals surface area contributed by atoms with E-state index in [1.807, 2.05) is 6.92 Å². The summed E-state index contributed by atoms with van der Waals surface area (Å²) in [6.07, 6.45) is 0.233. The Hall–Kier alpha value is -1.79. The second kappa shape index (κ2) is 7.62. The van der Waals surface area contributed by atoms with Crippen LogP contribution in [0.3, 0.4) is 0 Å². The first-order chi connectivity index (χ1) is 11.2. The average molecular weight is 356 g/mol. The van der Waals surface area contributed by atoms with Crippen LogP contribution in [0.1, 0.15) is 54.9 Å². The molecule has 2 amide bonds. The van der Waals surface area contributed by atoms with Gasteiger partial charge in [0, 0.05) is 18.5 Å². The third-order valence-corrected chi connectivity index (χ3v) is 3.94. The van der Waals surface area contributed by atoms with Gasteiger partial charge in [-0.3, -0.25) is 9.59 Å². The molecule has 1 fully saturated rings. The fraction of sp³-hybridized carbons (Fsp3) is 0.833. The van der Waals surface area contributed by atoms with Gasteiger partial charge in [-0.05, 0) is 33.1 Å². The molecule has 0 radical (unpaired) electrons. The number of ether oxygens (including phenoxy) is 1. The molecular weight excluding hydrogens is 324 g/mol. The van der Waals surface area contributed by atoms with Gasteiger partial charge in [0.25, 0.3) is 0 Å². The number of aliphatic carboxylic acids is 1. The van der Waals surface area contributed by atoms with Gasteiger partial charge in [0.05, 0.1) is 6.04 Å². The lowest BCUT2D eigenvalue weighted by molar-refractivity contribution is -0.152. The topological polar surface area (TPSA) is 87.2 Å². The average Bonchev–Trinajstić information content (AvgIpc) is 2.40. The van der Waals surface area contributed by atoms with E-state index in [2.05, 4.69) is 0 Å². The molecule has 1 heterocycles. The molecule has 0 bridgehead atoms. The lowest BCUT2D eigenvalue weighted by Gasteiger charge is -2.43. The number of hydrogen-bond donors (Lipinski definition) is 1. The molecule has 25 heavy (non-hydrogen) atoms. The number of amides is 2. The summed E-state index contributed by atoms with van der Waals surface area (Å²) in [7, 11) is 0. The van der Waals surface area contributed by atoms with Gasteiger partial charge in [0.1, 0.15) is 12.1 Å². The van der Waals surface area contributed by atoms with E-state index < -0.39 is 23.1 Å². The fourth-order valence-electron chi connectivity index (χ4n) is 2.96. The molecule has 0 aromatic carbocycles. The number of carboxylic acids is 1. The van der Waals surface area contributed by atoms with Crippen LogP contribution in [0.5, 0.6) is 0 Å². The smallest absolute Gasteiger partial charge is 0.410 e. The summed E-state index contributed by atoms with van der Waals surface area (Å²) < 4.78 is 5.43. The van der Waals surface area contributed by atoms with Crippen molar-refractivity contribution in [2.24, 2.45) is 11.3 Å². The molecule has 144 valence electrons. The first kappa shape index (κ1) is 21.3. The number of carboxylic acid groups (broad SMARTS) is 1. The molecule has 1 rings (SSSR count). The van der Waals surface area contributed by atoms with Crippen LogP contribution < -0.4 is 0 Å². The lowest BCUT2D eigenvalue weighted by atomic mass is 9.90. The van der Waals surface area contributed by atoms with Crippen molar-refractivity contribution in [3.8, 4) is 0 Å². The number of piperidine rings is 1. The first-order valence-corrected chi connectivity index (χ1v) is 8.71.